The second-order valence-electron chi connectivity index (χ2n) is 7.97. The Labute approximate surface area is 154 Å². The van der Waals surface area contributed by atoms with Gasteiger partial charge in [0.1, 0.15) is 6.04 Å². The van der Waals surface area contributed by atoms with Gasteiger partial charge in [-0.05, 0) is 24.3 Å². The van der Waals surface area contributed by atoms with E-state index in [1.165, 1.54) is 4.68 Å². The second kappa shape index (κ2) is 5.68. The normalized spacial score (nSPS) is 21.6. The Hall–Kier alpha value is -2.64. The van der Waals surface area contributed by atoms with E-state index in [4.69, 9.17) is 0 Å². The summed E-state index contributed by atoms with van der Waals surface area (Å²) >= 11 is 0. The minimum absolute atomic E-state index is 0.0113. The molecule has 0 saturated heterocycles. The fourth-order valence-corrected chi connectivity index (χ4v) is 3.79. The van der Waals surface area contributed by atoms with Gasteiger partial charge in [0.15, 0.2) is 5.78 Å². The van der Waals surface area contributed by atoms with Crippen molar-refractivity contribution in [1.82, 2.24) is 14.8 Å². The lowest BCUT2D eigenvalue weighted by atomic mass is 9.73. The third-order valence-electron chi connectivity index (χ3n) is 4.98. The van der Waals surface area contributed by atoms with E-state index in [9.17, 15) is 18.0 Å². The Bertz CT molecular complexity index is 954. The molecule has 0 bridgehead atoms. The molecule has 2 aromatic rings. The lowest BCUT2D eigenvalue weighted by Crippen LogP contribution is -2.36. The maximum absolute atomic E-state index is 13.2. The van der Waals surface area contributed by atoms with E-state index in [1.807, 2.05) is 45.0 Å². The zero-order chi connectivity index (χ0) is 19.6. The number of nitrogens with zero attached hydrogens (tertiary/aromatic N) is 3. The van der Waals surface area contributed by atoms with Crippen molar-refractivity contribution in [3.63, 3.8) is 0 Å². The monoisotopic (exact) mass is 376 g/mol. The van der Waals surface area contributed by atoms with E-state index in [0.29, 0.717) is 29.7 Å². The first kappa shape index (κ1) is 17.8. The number of aromatic nitrogens is 3. The Balaban J connectivity index is 1.91. The molecule has 1 aromatic heterocycles. The smallest absolute Gasteiger partial charge is 0.328 e. The van der Waals surface area contributed by atoms with Crippen molar-refractivity contribution in [2.75, 3.05) is 5.32 Å². The highest BCUT2D eigenvalue weighted by atomic mass is 19.4. The highest BCUT2D eigenvalue weighted by Gasteiger charge is 2.44. The molecule has 0 unspecified atom stereocenters. The lowest BCUT2D eigenvalue weighted by molar-refractivity contribution is -0.145. The molecule has 2 aliphatic rings. The molecular weight excluding hydrogens is 357 g/mol. The molecule has 0 saturated carbocycles. The van der Waals surface area contributed by atoms with Crippen LogP contribution in [0.5, 0.6) is 0 Å². The minimum Gasteiger partial charge on any atom is -0.328 e. The largest absolute Gasteiger partial charge is 0.453 e. The van der Waals surface area contributed by atoms with Crippen LogP contribution in [0.3, 0.4) is 0 Å². The summed E-state index contributed by atoms with van der Waals surface area (Å²) in [5, 5.41) is 6.63. The first-order valence-electron chi connectivity index (χ1n) is 8.69. The summed E-state index contributed by atoms with van der Waals surface area (Å²) in [5.41, 5.74) is 2.57. The van der Waals surface area contributed by atoms with Crippen LogP contribution in [0, 0.1) is 12.3 Å². The Morgan fingerprint density at radius 2 is 1.85 bits per heavy atom. The summed E-state index contributed by atoms with van der Waals surface area (Å²) in [5.74, 6) is -1.28. The third-order valence-corrected chi connectivity index (χ3v) is 4.98. The molecular formula is C19H19F3N4O. The van der Waals surface area contributed by atoms with E-state index in [-0.39, 0.29) is 17.1 Å². The second-order valence-corrected chi connectivity index (χ2v) is 7.97. The number of halogens is 3. The Kier molecular flexibility index (Phi) is 3.73. The van der Waals surface area contributed by atoms with Crippen LogP contribution >= 0.6 is 0 Å². The number of carbonyl (C=O) groups excluding carboxylic acids is 1. The molecule has 0 spiro atoms. The van der Waals surface area contributed by atoms with Gasteiger partial charge < -0.3 is 5.32 Å². The number of hydrogen-bond donors (Lipinski definition) is 1. The van der Waals surface area contributed by atoms with Crippen LogP contribution in [0.1, 0.15) is 49.7 Å². The van der Waals surface area contributed by atoms with Gasteiger partial charge in [-0.1, -0.05) is 43.7 Å². The fraction of sp³-hybridized carbons (Fsp3) is 0.421. The van der Waals surface area contributed by atoms with Gasteiger partial charge in [0, 0.05) is 17.7 Å². The predicted octanol–water partition coefficient (Wildman–Crippen LogP) is 4.26. The number of aryl methyl sites for hydroxylation is 1. The molecule has 4 rings (SSSR count). The van der Waals surface area contributed by atoms with Crippen molar-refractivity contribution in [3.05, 3.63) is 52.5 Å². The summed E-state index contributed by atoms with van der Waals surface area (Å²) in [4.78, 5) is 16.6. The van der Waals surface area contributed by atoms with Gasteiger partial charge in [-0.15, -0.1) is 5.10 Å². The zero-order valence-electron chi connectivity index (χ0n) is 15.2. The lowest BCUT2D eigenvalue weighted by Gasteiger charge is -2.38. The molecule has 2 heterocycles. The number of fused-ring (bicyclic) bond motifs is 1. The molecule has 1 atom stereocenters. The number of hydrogen-bond acceptors (Lipinski definition) is 4. The van der Waals surface area contributed by atoms with Crippen LogP contribution in [-0.2, 0) is 11.0 Å². The standard InChI is InChI=1S/C19H19F3N4O/c1-10-4-6-11(7-5-10)15-14-12(8-18(2,3)9-13(14)27)23-17-24-16(19(20,21)22)25-26(15)17/h4-7,15H,8-9H2,1-3H3,(H,23,24,25)/t15-/m1/s1. The maximum atomic E-state index is 13.2. The number of allylic oxidation sites excluding steroid dienone is 2. The number of carbonyl (C=O) groups is 1. The molecule has 1 aromatic carbocycles. The van der Waals surface area contributed by atoms with Crippen molar-refractivity contribution in [2.45, 2.75) is 45.8 Å². The average molecular weight is 376 g/mol. The zero-order valence-corrected chi connectivity index (χ0v) is 15.2. The van der Waals surface area contributed by atoms with Crippen LogP contribution in [0.25, 0.3) is 0 Å². The number of anilines is 1. The summed E-state index contributed by atoms with van der Waals surface area (Å²) in [6, 6.07) is 6.67. The first-order chi connectivity index (χ1) is 12.5. The molecule has 8 heteroatoms. The van der Waals surface area contributed by atoms with Crippen molar-refractivity contribution in [2.24, 2.45) is 5.41 Å². The van der Waals surface area contributed by atoms with Crippen LogP contribution in [0.4, 0.5) is 19.1 Å². The van der Waals surface area contributed by atoms with Gasteiger partial charge in [-0.2, -0.15) is 18.2 Å². The molecule has 142 valence electrons. The summed E-state index contributed by atoms with van der Waals surface area (Å²) < 4.78 is 40.7. The van der Waals surface area contributed by atoms with E-state index in [1.54, 1.807) is 0 Å². The number of Topliss-reactive ketones (excluding diaryl/α,β-unsaturated/α-hetero) is 1. The molecule has 0 fully saturated rings. The number of rotatable bonds is 1. The van der Waals surface area contributed by atoms with E-state index >= 15 is 0 Å². The van der Waals surface area contributed by atoms with E-state index in [2.05, 4.69) is 15.4 Å². The van der Waals surface area contributed by atoms with Crippen LogP contribution in [-0.4, -0.2) is 20.5 Å². The van der Waals surface area contributed by atoms with Crippen molar-refractivity contribution < 1.29 is 18.0 Å². The van der Waals surface area contributed by atoms with Crippen LogP contribution in [0.15, 0.2) is 35.5 Å². The van der Waals surface area contributed by atoms with Gasteiger partial charge in [0.05, 0.1) is 0 Å². The highest BCUT2D eigenvalue weighted by molar-refractivity contribution is 6.00. The average Bonchev–Trinajstić information content (AvgIpc) is 2.96. The number of nitrogens with one attached hydrogen (secondary N) is 1. The van der Waals surface area contributed by atoms with Crippen LogP contribution in [0.2, 0.25) is 0 Å². The van der Waals surface area contributed by atoms with Gasteiger partial charge in [-0.25, -0.2) is 4.68 Å². The van der Waals surface area contributed by atoms with Gasteiger partial charge in [0.25, 0.3) is 5.82 Å². The van der Waals surface area contributed by atoms with E-state index in [0.717, 1.165) is 5.56 Å². The summed E-state index contributed by atoms with van der Waals surface area (Å²) in [7, 11) is 0. The predicted molar refractivity (Wildman–Crippen MR) is 93.0 cm³/mol. The first-order valence-corrected chi connectivity index (χ1v) is 8.69. The number of benzene rings is 1. The summed E-state index contributed by atoms with van der Waals surface area (Å²) in [6.45, 7) is 5.86. The molecule has 1 aliphatic heterocycles. The van der Waals surface area contributed by atoms with E-state index < -0.39 is 18.0 Å². The molecule has 5 nitrogen and oxygen atoms in total. The van der Waals surface area contributed by atoms with Gasteiger partial charge in [-0.3, -0.25) is 4.79 Å². The summed E-state index contributed by atoms with van der Waals surface area (Å²) in [6.07, 6.45) is -3.76. The maximum Gasteiger partial charge on any atom is 0.453 e. The molecule has 0 radical (unpaired) electrons. The molecule has 1 aliphatic carbocycles. The topological polar surface area (TPSA) is 59.8 Å². The Morgan fingerprint density at radius 3 is 2.48 bits per heavy atom. The van der Waals surface area contributed by atoms with Crippen molar-refractivity contribution in [3.8, 4) is 0 Å². The van der Waals surface area contributed by atoms with Crippen molar-refractivity contribution >= 4 is 11.7 Å². The van der Waals surface area contributed by atoms with Gasteiger partial charge >= 0.3 is 6.18 Å². The fourth-order valence-electron chi connectivity index (χ4n) is 3.79. The van der Waals surface area contributed by atoms with Crippen LogP contribution < -0.4 is 5.32 Å². The third kappa shape index (κ3) is 3.02. The molecule has 1 N–H and O–H groups in total. The molecule has 0 amide bonds. The highest BCUT2D eigenvalue weighted by Crippen LogP contribution is 2.45. The minimum atomic E-state index is -4.66. The number of alkyl halides is 3. The van der Waals surface area contributed by atoms with Gasteiger partial charge in [0.2, 0.25) is 5.95 Å². The van der Waals surface area contributed by atoms with Crippen molar-refractivity contribution in [1.29, 1.82) is 0 Å². The SMILES string of the molecule is Cc1ccc([C@@H]2C3=C(CC(C)(C)CC3=O)Nc3nc(C(F)(F)F)nn32)cc1. The quantitative estimate of drug-likeness (QED) is 0.808. The number of ketones is 1. The molecule has 27 heavy (non-hydrogen) atoms. The Morgan fingerprint density at radius 1 is 1.19 bits per heavy atom.